The summed E-state index contributed by atoms with van der Waals surface area (Å²) in [6.07, 6.45) is 1.94. The van der Waals surface area contributed by atoms with Gasteiger partial charge in [-0.25, -0.2) is 0 Å². The van der Waals surface area contributed by atoms with Crippen LogP contribution < -0.4 is 26.9 Å². The van der Waals surface area contributed by atoms with E-state index in [-0.39, 0.29) is 21.2 Å². The molecule has 2 aromatic heterocycles. The molecule has 0 bridgehead atoms. The molecule has 4 nitrogen and oxygen atoms in total. The van der Waals surface area contributed by atoms with Crippen LogP contribution in [0.1, 0.15) is 5.69 Å². The molecule has 2 N–H and O–H groups in total. The van der Waals surface area contributed by atoms with Gasteiger partial charge in [0.25, 0.3) is 0 Å². The number of rotatable bonds is 1. The van der Waals surface area contributed by atoms with Crippen LogP contribution in [0.3, 0.4) is 0 Å². The topological polar surface area (TPSA) is 56.2 Å². The van der Waals surface area contributed by atoms with Crippen LogP contribution in [0.5, 0.6) is 0 Å². The van der Waals surface area contributed by atoms with Crippen molar-refractivity contribution in [1.29, 1.82) is 0 Å². The van der Waals surface area contributed by atoms with Crippen molar-refractivity contribution >= 4 is 11.6 Å². The SMILES string of the molecule is C[I-]c1ccn2c(N)nc(C)c2n1. The molecule has 0 aliphatic carbocycles. The van der Waals surface area contributed by atoms with Crippen molar-refractivity contribution in [2.24, 2.45) is 0 Å². The van der Waals surface area contributed by atoms with Gasteiger partial charge in [0.2, 0.25) is 0 Å². The minimum absolute atomic E-state index is 0.0379. The number of fused-ring (bicyclic) bond motifs is 1. The molecule has 13 heavy (non-hydrogen) atoms. The van der Waals surface area contributed by atoms with E-state index in [9.17, 15) is 0 Å². The summed E-state index contributed by atoms with van der Waals surface area (Å²) >= 11 is 0.0379. The zero-order valence-electron chi connectivity index (χ0n) is 7.45. The number of hydrogen-bond donors (Lipinski definition) is 1. The Morgan fingerprint density at radius 2 is 2.23 bits per heavy atom. The molecule has 0 aliphatic heterocycles. The Morgan fingerprint density at radius 3 is 2.92 bits per heavy atom. The molecule has 5 heteroatoms. The quantitative estimate of drug-likeness (QED) is 0.359. The average Bonchev–Trinajstić information content (AvgIpc) is 2.42. The van der Waals surface area contributed by atoms with Crippen LogP contribution in [0, 0.1) is 10.6 Å². The molecule has 0 atom stereocenters. The third kappa shape index (κ3) is 1.37. The van der Waals surface area contributed by atoms with Crippen molar-refractivity contribution in [2.45, 2.75) is 6.92 Å². The molecule has 70 valence electrons. The number of aryl methyl sites for hydroxylation is 1. The molecule has 0 fully saturated rings. The van der Waals surface area contributed by atoms with Gasteiger partial charge in [-0.3, -0.25) is 0 Å². The minimum atomic E-state index is 0.0379. The van der Waals surface area contributed by atoms with Crippen molar-refractivity contribution in [3.05, 3.63) is 21.7 Å². The fraction of sp³-hybridized carbons (Fsp3) is 0.250. The molecule has 0 saturated heterocycles. The summed E-state index contributed by atoms with van der Waals surface area (Å²) in [5, 5.41) is 0. The van der Waals surface area contributed by atoms with Gasteiger partial charge in [0, 0.05) is 0 Å². The van der Waals surface area contributed by atoms with E-state index in [1.807, 2.05) is 23.6 Å². The Morgan fingerprint density at radius 1 is 1.46 bits per heavy atom. The van der Waals surface area contributed by atoms with Gasteiger partial charge >= 0.3 is 86.4 Å². The summed E-state index contributed by atoms with van der Waals surface area (Å²) in [7, 11) is 0. The van der Waals surface area contributed by atoms with E-state index in [2.05, 4.69) is 14.9 Å². The molecule has 2 rings (SSSR count). The second kappa shape index (κ2) is 3.13. The van der Waals surface area contributed by atoms with Crippen LogP contribution in [-0.4, -0.2) is 19.3 Å². The maximum atomic E-state index is 5.69. The van der Waals surface area contributed by atoms with E-state index in [0.29, 0.717) is 5.95 Å². The second-order valence-corrected chi connectivity index (χ2v) is 4.87. The third-order valence-corrected chi connectivity index (χ3v) is 3.55. The summed E-state index contributed by atoms with van der Waals surface area (Å²) in [5.41, 5.74) is 7.47. The van der Waals surface area contributed by atoms with Crippen molar-refractivity contribution in [1.82, 2.24) is 14.4 Å². The van der Waals surface area contributed by atoms with E-state index >= 15 is 0 Å². The number of imidazole rings is 1. The van der Waals surface area contributed by atoms with Gasteiger partial charge in [0.05, 0.1) is 0 Å². The second-order valence-electron chi connectivity index (χ2n) is 2.69. The van der Waals surface area contributed by atoms with Crippen molar-refractivity contribution < 1.29 is 21.2 Å². The Hall–Kier alpha value is -0.850. The van der Waals surface area contributed by atoms with Gasteiger partial charge in [-0.2, -0.15) is 0 Å². The zero-order valence-corrected chi connectivity index (χ0v) is 9.61. The molecule has 0 saturated carbocycles. The summed E-state index contributed by atoms with van der Waals surface area (Å²) < 4.78 is 2.99. The first-order valence-electron chi connectivity index (χ1n) is 3.83. The maximum absolute atomic E-state index is 5.69. The first-order valence-corrected chi connectivity index (χ1v) is 7.06. The molecular weight excluding hydrogens is 279 g/mol. The molecule has 0 aromatic carbocycles. The Kier molecular flexibility index (Phi) is 2.10. The van der Waals surface area contributed by atoms with Crippen LogP contribution >= 0.6 is 0 Å². The van der Waals surface area contributed by atoms with E-state index < -0.39 is 0 Å². The van der Waals surface area contributed by atoms with E-state index in [1.54, 1.807) is 0 Å². The van der Waals surface area contributed by atoms with E-state index in [1.165, 1.54) is 3.70 Å². The number of aromatic nitrogens is 3. The molecule has 2 heterocycles. The number of nitrogens with zero attached hydrogens (tertiary/aromatic N) is 3. The predicted octanol–water partition coefficient (Wildman–Crippen LogP) is -2.49. The standard InChI is InChI=1S/C8H10IN4/c1-5-7-12-6(9-2)3-4-13(7)8(10)11-5/h3-4H,1-2H3,(H2,10,11)/q-1. The van der Waals surface area contributed by atoms with Gasteiger partial charge in [-0.15, -0.1) is 0 Å². The fourth-order valence-corrected chi connectivity index (χ4v) is 2.21. The first kappa shape index (κ1) is 8.74. The van der Waals surface area contributed by atoms with Gasteiger partial charge in [0.1, 0.15) is 0 Å². The average molecular weight is 289 g/mol. The van der Waals surface area contributed by atoms with Gasteiger partial charge < -0.3 is 0 Å². The monoisotopic (exact) mass is 289 g/mol. The summed E-state index contributed by atoms with van der Waals surface area (Å²) in [4.78, 5) is 10.8. The van der Waals surface area contributed by atoms with E-state index in [0.717, 1.165) is 11.3 Å². The fourth-order valence-electron chi connectivity index (χ4n) is 1.22. The van der Waals surface area contributed by atoms with Crippen LogP contribution in [0.25, 0.3) is 5.65 Å². The number of anilines is 1. The number of halogens is 1. The predicted molar refractivity (Wildman–Crippen MR) is 46.8 cm³/mol. The first-order chi connectivity index (χ1) is 6.22. The van der Waals surface area contributed by atoms with Gasteiger partial charge in [-0.05, 0) is 0 Å². The molecular formula is C8H10IN4-. The number of nitrogens with two attached hydrogens (primary N) is 1. The number of alkyl halides is 1. The number of hydrogen-bond acceptors (Lipinski definition) is 3. The van der Waals surface area contributed by atoms with Crippen LogP contribution in [-0.2, 0) is 0 Å². The van der Waals surface area contributed by atoms with Gasteiger partial charge in [-0.1, -0.05) is 0 Å². The Labute approximate surface area is 86.4 Å². The molecule has 0 radical (unpaired) electrons. The summed E-state index contributed by atoms with van der Waals surface area (Å²) in [6, 6.07) is 2.01. The molecule has 0 unspecified atom stereocenters. The third-order valence-electron chi connectivity index (χ3n) is 1.85. The van der Waals surface area contributed by atoms with Gasteiger partial charge in [0.15, 0.2) is 0 Å². The molecule has 0 amide bonds. The molecule has 2 aromatic rings. The molecule has 0 spiro atoms. The van der Waals surface area contributed by atoms with Crippen molar-refractivity contribution in [2.75, 3.05) is 10.7 Å². The normalized spacial score (nSPS) is 11.2. The summed E-state index contributed by atoms with van der Waals surface area (Å²) in [6.45, 7) is 1.93. The Balaban J connectivity index is 2.76. The van der Waals surface area contributed by atoms with Crippen molar-refractivity contribution in [3.63, 3.8) is 0 Å². The van der Waals surface area contributed by atoms with Crippen LogP contribution in [0.2, 0.25) is 0 Å². The Bertz CT molecular complexity index is 449. The van der Waals surface area contributed by atoms with Crippen LogP contribution in [0.4, 0.5) is 5.95 Å². The van der Waals surface area contributed by atoms with Crippen LogP contribution in [0.15, 0.2) is 12.3 Å². The number of nitrogen functional groups attached to an aromatic ring is 1. The summed E-state index contributed by atoms with van der Waals surface area (Å²) in [5.74, 6) is 0.515. The van der Waals surface area contributed by atoms with Crippen molar-refractivity contribution in [3.8, 4) is 0 Å². The zero-order chi connectivity index (χ0) is 9.42. The van der Waals surface area contributed by atoms with E-state index in [4.69, 9.17) is 5.73 Å². The molecule has 0 aliphatic rings.